The normalized spacial score (nSPS) is 11.4. The Hall–Kier alpha value is -2.09. The highest BCUT2D eigenvalue weighted by atomic mass is 32.1. The van der Waals surface area contributed by atoms with E-state index in [1.54, 1.807) is 6.20 Å². The Balaban J connectivity index is 2.02. The van der Waals surface area contributed by atoms with Gasteiger partial charge >= 0.3 is 6.18 Å². The number of carbonyl (C=O) groups is 1. The molecule has 4 nitrogen and oxygen atoms in total. The quantitative estimate of drug-likeness (QED) is 0.853. The summed E-state index contributed by atoms with van der Waals surface area (Å²) >= 11 is 1.45. The van der Waals surface area contributed by atoms with Gasteiger partial charge in [-0.2, -0.15) is 13.2 Å². The summed E-state index contributed by atoms with van der Waals surface area (Å²) in [6, 6.07) is 3.11. The monoisotopic (exact) mass is 315 g/mol. The molecule has 0 bridgehead atoms. The number of hydrogen-bond donors (Lipinski definition) is 2. The van der Waals surface area contributed by atoms with Crippen LogP contribution in [-0.4, -0.2) is 17.4 Å². The van der Waals surface area contributed by atoms with Crippen LogP contribution >= 0.6 is 11.3 Å². The van der Waals surface area contributed by atoms with Gasteiger partial charge in [0.25, 0.3) is 5.91 Å². The molecule has 2 rings (SSSR count). The lowest BCUT2D eigenvalue weighted by molar-refractivity contribution is -0.136. The van der Waals surface area contributed by atoms with Crippen molar-refractivity contribution in [2.45, 2.75) is 12.6 Å². The highest BCUT2D eigenvalue weighted by Crippen LogP contribution is 2.33. The van der Waals surface area contributed by atoms with Gasteiger partial charge in [-0.3, -0.25) is 4.79 Å². The number of benzene rings is 1. The van der Waals surface area contributed by atoms with E-state index in [1.165, 1.54) is 17.4 Å². The van der Waals surface area contributed by atoms with E-state index in [0.717, 1.165) is 17.1 Å². The highest BCUT2D eigenvalue weighted by Gasteiger charge is 2.33. The van der Waals surface area contributed by atoms with E-state index in [1.807, 2.05) is 5.38 Å². The molecule has 1 heterocycles. The van der Waals surface area contributed by atoms with Gasteiger partial charge in [-0.25, -0.2) is 4.98 Å². The number of rotatable bonds is 4. The fourth-order valence-corrected chi connectivity index (χ4v) is 2.32. The Morgan fingerprint density at radius 3 is 2.76 bits per heavy atom. The van der Waals surface area contributed by atoms with Crippen LogP contribution in [0.1, 0.15) is 20.9 Å². The first kappa shape index (κ1) is 15.3. The van der Waals surface area contributed by atoms with Crippen LogP contribution in [0, 0.1) is 0 Å². The number of anilines is 1. The lowest BCUT2D eigenvalue weighted by atomic mass is 10.1. The molecule has 3 N–H and O–H groups in total. The van der Waals surface area contributed by atoms with E-state index in [0.29, 0.717) is 13.0 Å². The van der Waals surface area contributed by atoms with Crippen LogP contribution < -0.4 is 11.1 Å². The van der Waals surface area contributed by atoms with Crippen LogP contribution in [0.15, 0.2) is 29.8 Å². The van der Waals surface area contributed by atoms with Crippen LogP contribution in [0.2, 0.25) is 0 Å². The topological polar surface area (TPSA) is 68.0 Å². The number of alkyl halides is 3. The molecule has 2 aromatic rings. The second kappa shape index (κ2) is 6.13. The molecule has 0 aliphatic rings. The van der Waals surface area contributed by atoms with Gasteiger partial charge in [-0.1, -0.05) is 0 Å². The molecular weight excluding hydrogens is 303 g/mol. The summed E-state index contributed by atoms with van der Waals surface area (Å²) in [7, 11) is 0. The minimum Gasteiger partial charge on any atom is -0.398 e. The molecule has 0 spiro atoms. The molecule has 21 heavy (non-hydrogen) atoms. The number of carbonyl (C=O) groups excluding carboxylic acids is 1. The largest absolute Gasteiger partial charge is 0.418 e. The minimum atomic E-state index is -4.58. The third-order valence-electron chi connectivity index (χ3n) is 2.73. The maximum absolute atomic E-state index is 12.7. The van der Waals surface area contributed by atoms with Crippen LogP contribution in [0.3, 0.4) is 0 Å². The number of nitrogens with two attached hydrogens (primary N) is 1. The number of amides is 1. The third kappa shape index (κ3) is 3.94. The second-order valence-electron chi connectivity index (χ2n) is 4.23. The number of hydrogen-bond acceptors (Lipinski definition) is 4. The first-order valence-corrected chi connectivity index (χ1v) is 6.89. The fraction of sp³-hybridized carbons (Fsp3) is 0.231. The SMILES string of the molecule is Nc1ccc(C(=O)NCCc2nccs2)cc1C(F)(F)F. The molecule has 1 aromatic heterocycles. The van der Waals surface area contributed by atoms with E-state index < -0.39 is 23.3 Å². The van der Waals surface area contributed by atoms with E-state index in [4.69, 9.17) is 5.73 Å². The minimum absolute atomic E-state index is 0.0735. The van der Waals surface area contributed by atoms with Crippen LogP contribution in [-0.2, 0) is 12.6 Å². The summed E-state index contributed by atoms with van der Waals surface area (Å²) < 4.78 is 38.1. The molecule has 0 saturated carbocycles. The molecule has 1 amide bonds. The van der Waals surface area contributed by atoms with Gasteiger partial charge < -0.3 is 11.1 Å². The van der Waals surface area contributed by atoms with Gasteiger partial charge in [0.15, 0.2) is 0 Å². The maximum atomic E-state index is 12.7. The molecule has 0 aliphatic heterocycles. The van der Waals surface area contributed by atoms with E-state index in [-0.39, 0.29) is 5.56 Å². The Labute approximate surface area is 122 Å². The number of nitrogens with one attached hydrogen (secondary N) is 1. The molecule has 8 heteroatoms. The third-order valence-corrected chi connectivity index (χ3v) is 3.57. The molecule has 0 saturated heterocycles. The van der Waals surface area contributed by atoms with Gasteiger partial charge in [0.2, 0.25) is 0 Å². The zero-order valence-corrected chi connectivity index (χ0v) is 11.6. The second-order valence-corrected chi connectivity index (χ2v) is 5.21. The molecule has 0 aliphatic carbocycles. The molecule has 112 valence electrons. The van der Waals surface area contributed by atoms with Crippen molar-refractivity contribution in [1.82, 2.24) is 10.3 Å². The zero-order valence-electron chi connectivity index (χ0n) is 10.8. The van der Waals surface area contributed by atoms with Gasteiger partial charge in [-0.15, -0.1) is 11.3 Å². The van der Waals surface area contributed by atoms with Gasteiger partial charge in [0.05, 0.1) is 10.6 Å². The highest BCUT2D eigenvalue weighted by molar-refractivity contribution is 7.09. The molecule has 0 radical (unpaired) electrons. The average Bonchev–Trinajstić information content (AvgIpc) is 2.91. The molecular formula is C13H12F3N3OS. The summed E-state index contributed by atoms with van der Waals surface area (Å²) in [4.78, 5) is 15.9. The smallest absolute Gasteiger partial charge is 0.398 e. The summed E-state index contributed by atoms with van der Waals surface area (Å²) in [5.41, 5.74) is 3.80. The van der Waals surface area contributed by atoms with Crippen LogP contribution in [0.25, 0.3) is 0 Å². The molecule has 0 fully saturated rings. The van der Waals surface area contributed by atoms with E-state index in [9.17, 15) is 18.0 Å². The van der Waals surface area contributed by atoms with E-state index >= 15 is 0 Å². The van der Waals surface area contributed by atoms with Gasteiger partial charge in [0, 0.05) is 35.8 Å². The van der Waals surface area contributed by atoms with Crippen molar-refractivity contribution >= 4 is 22.9 Å². The summed E-state index contributed by atoms with van der Waals surface area (Å²) in [5, 5.41) is 5.22. The Morgan fingerprint density at radius 1 is 1.38 bits per heavy atom. The summed E-state index contributed by atoms with van der Waals surface area (Å²) in [6.07, 6.45) is -2.40. The number of halogens is 3. The predicted octanol–water partition coefficient (Wildman–Crippen LogP) is 2.72. The first-order chi connectivity index (χ1) is 9.88. The van der Waals surface area contributed by atoms with Crippen molar-refractivity contribution in [2.75, 3.05) is 12.3 Å². The average molecular weight is 315 g/mol. The van der Waals surface area contributed by atoms with Gasteiger partial charge in [0.1, 0.15) is 0 Å². The lowest BCUT2D eigenvalue weighted by Crippen LogP contribution is -2.26. The summed E-state index contributed by atoms with van der Waals surface area (Å²) in [6.45, 7) is 0.304. The van der Waals surface area contributed by atoms with E-state index in [2.05, 4.69) is 10.3 Å². The van der Waals surface area contributed by atoms with Crippen LogP contribution in [0.4, 0.5) is 18.9 Å². The predicted molar refractivity (Wildman–Crippen MR) is 74.0 cm³/mol. The zero-order chi connectivity index (χ0) is 15.5. The molecule has 0 atom stereocenters. The van der Waals surface area contributed by atoms with Crippen LogP contribution in [0.5, 0.6) is 0 Å². The first-order valence-electron chi connectivity index (χ1n) is 6.01. The number of aromatic nitrogens is 1. The fourth-order valence-electron chi connectivity index (χ4n) is 1.70. The van der Waals surface area contributed by atoms with Crippen molar-refractivity contribution in [3.05, 3.63) is 45.9 Å². The van der Waals surface area contributed by atoms with Gasteiger partial charge in [-0.05, 0) is 18.2 Å². The Kier molecular flexibility index (Phi) is 4.46. The number of nitrogens with zero attached hydrogens (tertiary/aromatic N) is 1. The standard InChI is InChI=1S/C13H12F3N3OS/c14-13(15,16)9-7-8(1-2-10(9)17)12(20)19-4-3-11-18-5-6-21-11/h1-2,5-7H,3-4,17H2,(H,19,20). The van der Waals surface area contributed by atoms with Crippen molar-refractivity contribution in [2.24, 2.45) is 0 Å². The van der Waals surface area contributed by atoms with Crippen molar-refractivity contribution in [3.8, 4) is 0 Å². The molecule has 1 aromatic carbocycles. The maximum Gasteiger partial charge on any atom is 0.418 e. The number of thiazole rings is 1. The Morgan fingerprint density at radius 2 is 2.14 bits per heavy atom. The van der Waals surface area contributed by atoms with Crippen molar-refractivity contribution < 1.29 is 18.0 Å². The number of nitrogen functional groups attached to an aromatic ring is 1. The Bertz CT molecular complexity index is 626. The lowest BCUT2D eigenvalue weighted by Gasteiger charge is -2.11. The summed E-state index contributed by atoms with van der Waals surface area (Å²) in [5.74, 6) is -0.572. The van der Waals surface area contributed by atoms with Crippen molar-refractivity contribution in [1.29, 1.82) is 0 Å². The molecule has 0 unspecified atom stereocenters. The van der Waals surface area contributed by atoms with Crippen molar-refractivity contribution in [3.63, 3.8) is 0 Å².